The standard InChI is InChI=1S/C6H10N2.BF4/c1-3-6-7-4-5(2)8-6;2-1(3,4)5/h4H,3H2,1-2H3,(H,7,8);/q;-1. The normalized spacial score (nSPS) is 10.6. The van der Waals surface area contributed by atoms with Gasteiger partial charge in [-0.25, -0.2) is 4.98 Å². The van der Waals surface area contributed by atoms with E-state index in [2.05, 4.69) is 16.9 Å². The average Bonchev–Trinajstić information content (AvgIpc) is 2.31. The summed E-state index contributed by atoms with van der Waals surface area (Å²) >= 11 is 0. The number of H-pyrrole nitrogens is 1. The van der Waals surface area contributed by atoms with Gasteiger partial charge in [0.2, 0.25) is 0 Å². The Hall–Kier alpha value is -1.01. The summed E-state index contributed by atoms with van der Waals surface area (Å²) in [5, 5.41) is 0. The number of nitrogens with zero attached hydrogens (tertiary/aromatic N) is 1. The summed E-state index contributed by atoms with van der Waals surface area (Å²) in [7, 11) is -6.00. The molecular weight excluding hydrogens is 187 g/mol. The molecule has 0 amide bonds. The first-order valence-electron chi connectivity index (χ1n) is 3.70. The van der Waals surface area contributed by atoms with Crippen molar-refractivity contribution in [1.82, 2.24) is 9.97 Å². The number of hydrogen-bond acceptors (Lipinski definition) is 1. The summed E-state index contributed by atoms with van der Waals surface area (Å²) in [5.74, 6) is 1.07. The Morgan fingerprint density at radius 3 is 2.00 bits per heavy atom. The van der Waals surface area contributed by atoms with E-state index in [1.807, 2.05) is 13.1 Å². The zero-order valence-electron chi connectivity index (χ0n) is 7.32. The van der Waals surface area contributed by atoms with Crippen LogP contribution in [-0.4, -0.2) is 17.2 Å². The summed E-state index contributed by atoms with van der Waals surface area (Å²) < 4.78 is 39.0. The second kappa shape index (κ2) is 4.88. The molecule has 1 N–H and O–H groups in total. The Kier molecular flexibility index (Phi) is 4.51. The van der Waals surface area contributed by atoms with Gasteiger partial charge in [0.25, 0.3) is 0 Å². The van der Waals surface area contributed by atoms with Crippen molar-refractivity contribution in [3.05, 3.63) is 17.7 Å². The number of aromatic amines is 1. The molecule has 0 bridgehead atoms. The highest BCUT2D eigenvalue weighted by Gasteiger charge is 2.20. The maximum absolute atomic E-state index is 9.75. The molecule has 7 heteroatoms. The smallest absolute Gasteiger partial charge is 0.418 e. The zero-order valence-corrected chi connectivity index (χ0v) is 7.32. The summed E-state index contributed by atoms with van der Waals surface area (Å²) in [6, 6.07) is 0. The summed E-state index contributed by atoms with van der Waals surface area (Å²) in [6.07, 6.45) is 2.84. The molecule has 76 valence electrons. The van der Waals surface area contributed by atoms with Crippen LogP contribution in [0.2, 0.25) is 0 Å². The van der Waals surface area contributed by atoms with Crippen LogP contribution in [0.4, 0.5) is 17.3 Å². The molecular formula is C6H10BF4N2-. The first-order chi connectivity index (χ1) is 5.83. The van der Waals surface area contributed by atoms with E-state index in [-0.39, 0.29) is 0 Å². The van der Waals surface area contributed by atoms with Gasteiger partial charge in [-0.15, -0.1) is 0 Å². The van der Waals surface area contributed by atoms with Gasteiger partial charge in [0.1, 0.15) is 5.82 Å². The molecule has 1 rings (SSSR count). The van der Waals surface area contributed by atoms with E-state index in [0.717, 1.165) is 17.9 Å². The third-order valence-corrected chi connectivity index (χ3v) is 1.09. The molecule has 0 aliphatic rings. The molecule has 0 unspecified atom stereocenters. The van der Waals surface area contributed by atoms with Gasteiger partial charge in [0, 0.05) is 18.3 Å². The van der Waals surface area contributed by atoms with Crippen LogP contribution in [0.3, 0.4) is 0 Å². The molecule has 0 radical (unpaired) electrons. The van der Waals surface area contributed by atoms with Crippen LogP contribution in [0.15, 0.2) is 6.20 Å². The monoisotopic (exact) mass is 197 g/mol. The molecule has 1 aromatic heterocycles. The van der Waals surface area contributed by atoms with E-state index in [4.69, 9.17) is 0 Å². The molecule has 0 atom stereocenters. The van der Waals surface area contributed by atoms with E-state index in [1.165, 1.54) is 0 Å². The van der Waals surface area contributed by atoms with Crippen LogP contribution < -0.4 is 0 Å². The third-order valence-electron chi connectivity index (χ3n) is 1.09. The maximum Gasteiger partial charge on any atom is 0.673 e. The topological polar surface area (TPSA) is 28.7 Å². The van der Waals surface area contributed by atoms with Crippen molar-refractivity contribution in [2.75, 3.05) is 0 Å². The van der Waals surface area contributed by atoms with E-state index in [1.54, 1.807) is 0 Å². The van der Waals surface area contributed by atoms with E-state index in [9.17, 15) is 17.3 Å². The molecule has 0 saturated heterocycles. The van der Waals surface area contributed by atoms with Crippen molar-refractivity contribution in [3.63, 3.8) is 0 Å². The zero-order chi connectivity index (χ0) is 10.5. The summed E-state index contributed by atoms with van der Waals surface area (Å²) in [4.78, 5) is 7.19. The van der Waals surface area contributed by atoms with Crippen LogP contribution in [0, 0.1) is 6.92 Å². The lowest BCUT2D eigenvalue weighted by atomic mass is 10.3. The molecule has 1 heterocycles. The Labute approximate surface area is 73.5 Å². The van der Waals surface area contributed by atoms with Crippen LogP contribution in [0.25, 0.3) is 0 Å². The second-order valence-electron chi connectivity index (χ2n) is 2.36. The molecule has 0 aromatic carbocycles. The fourth-order valence-corrected chi connectivity index (χ4v) is 0.647. The van der Waals surface area contributed by atoms with Gasteiger partial charge in [-0.05, 0) is 6.92 Å². The second-order valence-corrected chi connectivity index (χ2v) is 2.36. The first kappa shape index (κ1) is 12.0. The van der Waals surface area contributed by atoms with Gasteiger partial charge in [-0.1, -0.05) is 6.92 Å². The van der Waals surface area contributed by atoms with Crippen molar-refractivity contribution >= 4 is 7.25 Å². The third kappa shape index (κ3) is 8.90. The predicted octanol–water partition coefficient (Wildman–Crippen LogP) is 2.58. The van der Waals surface area contributed by atoms with Gasteiger partial charge < -0.3 is 22.2 Å². The highest BCUT2D eigenvalue weighted by molar-refractivity contribution is 6.50. The van der Waals surface area contributed by atoms with Gasteiger partial charge in [0.05, 0.1) is 0 Å². The van der Waals surface area contributed by atoms with Gasteiger partial charge in [-0.2, -0.15) is 0 Å². The lowest BCUT2D eigenvalue weighted by Crippen LogP contribution is -2.02. The van der Waals surface area contributed by atoms with Crippen molar-refractivity contribution in [2.45, 2.75) is 20.3 Å². The number of aryl methyl sites for hydroxylation is 2. The summed E-state index contributed by atoms with van der Waals surface area (Å²) in [5.41, 5.74) is 1.14. The lowest BCUT2D eigenvalue weighted by molar-refractivity contribution is 0.368. The van der Waals surface area contributed by atoms with Gasteiger partial charge >= 0.3 is 7.25 Å². The lowest BCUT2D eigenvalue weighted by Gasteiger charge is -1.94. The molecule has 0 aliphatic carbocycles. The van der Waals surface area contributed by atoms with Gasteiger partial charge in [-0.3, -0.25) is 0 Å². The highest BCUT2D eigenvalue weighted by Crippen LogP contribution is 2.06. The van der Waals surface area contributed by atoms with Crippen molar-refractivity contribution in [1.29, 1.82) is 0 Å². The largest absolute Gasteiger partial charge is 0.673 e. The number of imidazole rings is 1. The highest BCUT2D eigenvalue weighted by atomic mass is 19.5. The fourth-order valence-electron chi connectivity index (χ4n) is 0.647. The van der Waals surface area contributed by atoms with Crippen LogP contribution >= 0.6 is 0 Å². The maximum atomic E-state index is 9.75. The van der Waals surface area contributed by atoms with Crippen LogP contribution in [-0.2, 0) is 6.42 Å². The first-order valence-corrected chi connectivity index (χ1v) is 3.70. The Morgan fingerprint density at radius 1 is 1.38 bits per heavy atom. The van der Waals surface area contributed by atoms with E-state index < -0.39 is 7.25 Å². The minimum atomic E-state index is -6.00. The molecule has 0 spiro atoms. The minimum absolute atomic E-state index is 0.994. The molecule has 0 fully saturated rings. The molecule has 2 nitrogen and oxygen atoms in total. The number of nitrogens with one attached hydrogen (secondary N) is 1. The minimum Gasteiger partial charge on any atom is -0.418 e. The van der Waals surface area contributed by atoms with Crippen LogP contribution in [0.5, 0.6) is 0 Å². The number of rotatable bonds is 1. The molecule has 0 saturated carbocycles. The number of halogens is 4. The summed E-state index contributed by atoms with van der Waals surface area (Å²) in [6.45, 7) is 4.09. The molecule has 13 heavy (non-hydrogen) atoms. The van der Waals surface area contributed by atoms with E-state index >= 15 is 0 Å². The number of aromatic nitrogens is 2. The molecule has 0 aliphatic heterocycles. The van der Waals surface area contributed by atoms with Crippen molar-refractivity contribution < 1.29 is 17.3 Å². The Morgan fingerprint density at radius 2 is 1.85 bits per heavy atom. The van der Waals surface area contributed by atoms with Crippen molar-refractivity contribution in [2.24, 2.45) is 0 Å². The predicted molar refractivity (Wildman–Crippen MR) is 42.9 cm³/mol. The SMILES string of the molecule is CCc1ncc(C)[nH]1.F[B-](F)(F)F. The van der Waals surface area contributed by atoms with Crippen molar-refractivity contribution in [3.8, 4) is 0 Å². The van der Waals surface area contributed by atoms with E-state index in [0.29, 0.717) is 0 Å². The Bertz CT molecular complexity index is 239. The number of hydrogen-bond donors (Lipinski definition) is 1. The quantitative estimate of drug-likeness (QED) is 0.543. The van der Waals surface area contributed by atoms with Gasteiger partial charge in [0.15, 0.2) is 0 Å². The molecule has 1 aromatic rings. The Balaban J connectivity index is 0.000000252. The fraction of sp³-hybridized carbons (Fsp3) is 0.500. The average molecular weight is 197 g/mol. The van der Waals surface area contributed by atoms with Crippen LogP contribution in [0.1, 0.15) is 18.4 Å².